The lowest BCUT2D eigenvalue weighted by Crippen LogP contribution is -2.51. The first-order valence-corrected chi connectivity index (χ1v) is 7.94. The molecule has 0 aliphatic carbocycles. The van der Waals surface area contributed by atoms with E-state index in [0.29, 0.717) is 21.8 Å². The van der Waals surface area contributed by atoms with E-state index in [1.54, 1.807) is 18.2 Å². The van der Waals surface area contributed by atoms with Crippen LogP contribution >= 0.6 is 35.6 Å². The molecular formula is C15H22Cl3N3O. The third-order valence-electron chi connectivity index (χ3n) is 3.97. The summed E-state index contributed by atoms with van der Waals surface area (Å²) in [4.78, 5) is 14.6. The minimum atomic E-state index is -0.198. The molecule has 7 heteroatoms. The van der Waals surface area contributed by atoms with Gasteiger partial charge in [-0.3, -0.25) is 9.69 Å². The molecule has 1 saturated heterocycles. The molecule has 124 valence electrons. The number of likely N-dealkylation sites (tertiary alicyclic amines) is 1. The van der Waals surface area contributed by atoms with Crippen LogP contribution in [0.4, 0.5) is 5.69 Å². The number of nitrogens with zero attached hydrogens (tertiary/aromatic N) is 1. The van der Waals surface area contributed by atoms with Crippen molar-refractivity contribution in [2.45, 2.75) is 31.8 Å². The molecule has 1 heterocycles. The monoisotopic (exact) mass is 365 g/mol. The van der Waals surface area contributed by atoms with Gasteiger partial charge in [-0.2, -0.15) is 0 Å². The predicted molar refractivity (Wildman–Crippen MR) is 95.5 cm³/mol. The molecule has 1 amide bonds. The topological polar surface area (TPSA) is 44.4 Å². The van der Waals surface area contributed by atoms with Gasteiger partial charge >= 0.3 is 0 Å². The van der Waals surface area contributed by atoms with Gasteiger partial charge in [-0.1, -0.05) is 23.2 Å². The average molecular weight is 367 g/mol. The number of halogens is 3. The lowest BCUT2D eigenvalue weighted by Gasteiger charge is -2.36. The molecule has 1 aromatic rings. The molecule has 1 aliphatic rings. The summed E-state index contributed by atoms with van der Waals surface area (Å²) in [5.41, 5.74) is 0.559. The molecule has 2 atom stereocenters. The van der Waals surface area contributed by atoms with E-state index in [4.69, 9.17) is 23.2 Å². The SMILES string of the molecule is CNC1CCCN(C(C)C(=O)Nc2cc(Cl)ccc2Cl)C1.Cl. The van der Waals surface area contributed by atoms with Crippen LogP contribution in [-0.4, -0.2) is 43.0 Å². The number of anilines is 1. The first-order valence-electron chi connectivity index (χ1n) is 7.18. The lowest BCUT2D eigenvalue weighted by molar-refractivity contribution is -0.121. The van der Waals surface area contributed by atoms with Gasteiger partial charge in [0, 0.05) is 17.6 Å². The van der Waals surface area contributed by atoms with Crippen LogP contribution in [0, 0.1) is 0 Å². The highest BCUT2D eigenvalue weighted by molar-refractivity contribution is 6.35. The third kappa shape index (κ3) is 5.00. The molecule has 1 fully saturated rings. The smallest absolute Gasteiger partial charge is 0.241 e. The number of carbonyl (C=O) groups excluding carboxylic acids is 1. The first-order chi connectivity index (χ1) is 10.0. The highest BCUT2D eigenvalue weighted by Crippen LogP contribution is 2.26. The summed E-state index contributed by atoms with van der Waals surface area (Å²) in [7, 11) is 1.96. The zero-order valence-corrected chi connectivity index (χ0v) is 15.1. The van der Waals surface area contributed by atoms with Crippen LogP contribution in [0.2, 0.25) is 10.0 Å². The van der Waals surface area contributed by atoms with Gasteiger partial charge in [-0.25, -0.2) is 0 Å². The zero-order valence-electron chi connectivity index (χ0n) is 12.7. The normalized spacial score (nSPS) is 20.1. The Morgan fingerprint density at radius 3 is 2.82 bits per heavy atom. The van der Waals surface area contributed by atoms with E-state index in [1.165, 1.54) is 0 Å². The number of carbonyl (C=O) groups is 1. The Bertz CT molecular complexity index is 513. The second kappa shape index (κ2) is 8.94. The molecule has 0 spiro atoms. The van der Waals surface area contributed by atoms with E-state index in [1.807, 2.05) is 14.0 Å². The lowest BCUT2D eigenvalue weighted by atomic mass is 10.0. The van der Waals surface area contributed by atoms with Crippen molar-refractivity contribution in [3.8, 4) is 0 Å². The first kappa shape index (κ1) is 19.5. The Kier molecular flexibility index (Phi) is 7.94. The molecule has 0 saturated carbocycles. The molecule has 1 aliphatic heterocycles. The van der Waals surface area contributed by atoms with Crippen LogP contribution in [0.5, 0.6) is 0 Å². The summed E-state index contributed by atoms with van der Waals surface area (Å²) in [6, 6.07) is 5.30. The maximum atomic E-state index is 12.4. The Morgan fingerprint density at radius 2 is 2.14 bits per heavy atom. The van der Waals surface area contributed by atoms with Gasteiger partial charge in [0.2, 0.25) is 5.91 Å². The van der Waals surface area contributed by atoms with Crippen molar-refractivity contribution in [1.82, 2.24) is 10.2 Å². The summed E-state index contributed by atoms with van der Waals surface area (Å²) in [6.45, 7) is 3.75. The quantitative estimate of drug-likeness (QED) is 0.858. The van der Waals surface area contributed by atoms with Crippen LogP contribution in [0.3, 0.4) is 0 Å². The van der Waals surface area contributed by atoms with Crippen molar-refractivity contribution < 1.29 is 4.79 Å². The van der Waals surface area contributed by atoms with Crippen molar-refractivity contribution in [1.29, 1.82) is 0 Å². The van der Waals surface area contributed by atoms with Gasteiger partial charge in [0.1, 0.15) is 0 Å². The molecule has 4 nitrogen and oxygen atoms in total. The van der Waals surface area contributed by atoms with Crippen LogP contribution in [0.1, 0.15) is 19.8 Å². The van der Waals surface area contributed by atoms with E-state index in [-0.39, 0.29) is 24.4 Å². The Morgan fingerprint density at radius 1 is 1.41 bits per heavy atom. The molecular weight excluding hydrogens is 345 g/mol. The number of hydrogen-bond donors (Lipinski definition) is 2. The van der Waals surface area contributed by atoms with Crippen molar-refractivity contribution in [3.05, 3.63) is 28.2 Å². The van der Waals surface area contributed by atoms with E-state index >= 15 is 0 Å². The number of rotatable bonds is 4. The van der Waals surface area contributed by atoms with Gasteiger partial charge in [0.15, 0.2) is 0 Å². The molecule has 0 bridgehead atoms. The Balaban J connectivity index is 0.00000242. The van der Waals surface area contributed by atoms with Crippen LogP contribution < -0.4 is 10.6 Å². The standard InChI is InChI=1S/C15H21Cl2N3O.ClH/c1-10(20-7-3-4-12(9-20)18-2)15(21)19-14-8-11(16)5-6-13(14)17;/h5-6,8,10,12,18H,3-4,7,9H2,1-2H3,(H,19,21);1H. The highest BCUT2D eigenvalue weighted by Gasteiger charge is 2.27. The number of hydrogen-bond acceptors (Lipinski definition) is 3. The van der Waals surface area contributed by atoms with E-state index in [9.17, 15) is 4.79 Å². The Hall–Kier alpha value is -0.520. The number of piperidine rings is 1. The zero-order chi connectivity index (χ0) is 15.4. The summed E-state index contributed by atoms with van der Waals surface area (Å²) >= 11 is 12.0. The van der Waals surface area contributed by atoms with Gasteiger partial charge in [-0.15, -0.1) is 12.4 Å². The second-order valence-electron chi connectivity index (χ2n) is 5.41. The fourth-order valence-electron chi connectivity index (χ4n) is 2.59. The number of amides is 1. The highest BCUT2D eigenvalue weighted by atomic mass is 35.5. The minimum absolute atomic E-state index is 0. The molecule has 0 aromatic heterocycles. The molecule has 1 aromatic carbocycles. The number of benzene rings is 1. The average Bonchev–Trinajstić information content (AvgIpc) is 2.50. The van der Waals surface area contributed by atoms with Crippen molar-refractivity contribution in [2.24, 2.45) is 0 Å². The number of nitrogens with one attached hydrogen (secondary N) is 2. The largest absolute Gasteiger partial charge is 0.323 e. The third-order valence-corrected chi connectivity index (χ3v) is 4.54. The van der Waals surface area contributed by atoms with Gasteiger partial charge in [0.05, 0.1) is 16.8 Å². The maximum Gasteiger partial charge on any atom is 0.241 e. The second-order valence-corrected chi connectivity index (χ2v) is 6.26. The predicted octanol–water partition coefficient (Wildman–Crippen LogP) is 3.43. The van der Waals surface area contributed by atoms with Gasteiger partial charge in [-0.05, 0) is 51.6 Å². The number of likely N-dealkylation sites (N-methyl/N-ethyl adjacent to an activating group) is 1. The molecule has 0 radical (unpaired) electrons. The molecule has 2 rings (SSSR count). The van der Waals surface area contributed by atoms with Crippen LogP contribution in [0.15, 0.2) is 18.2 Å². The summed E-state index contributed by atoms with van der Waals surface area (Å²) in [5.74, 6) is -0.0593. The summed E-state index contributed by atoms with van der Waals surface area (Å²) in [6.07, 6.45) is 2.25. The minimum Gasteiger partial charge on any atom is -0.323 e. The summed E-state index contributed by atoms with van der Waals surface area (Å²) < 4.78 is 0. The van der Waals surface area contributed by atoms with Crippen molar-refractivity contribution in [2.75, 3.05) is 25.5 Å². The van der Waals surface area contributed by atoms with Crippen molar-refractivity contribution in [3.63, 3.8) is 0 Å². The van der Waals surface area contributed by atoms with Crippen molar-refractivity contribution >= 4 is 47.2 Å². The van der Waals surface area contributed by atoms with Crippen LogP contribution in [-0.2, 0) is 4.79 Å². The van der Waals surface area contributed by atoms with Crippen LogP contribution in [0.25, 0.3) is 0 Å². The maximum absolute atomic E-state index is 12.4. The van der Waals surface area contributed by atoms with E-state index in [0.717, 1.165) is 25.9 Å². The fourth-order valence-corrected chi connectivity index (χ4v) is 2.93. The fraction of sp³-hybridized carbons (Fsp3) is 0.533. The van der Waals surface area contributed by atoms with E-state index in [2.05, 4.69) is 15.5 Å². The molecule has 22 heavy (non-hydrogen) atoms. The molecule has 2 unspecified atom stereocenters. The Labute approximate surface area is 147 Å². The van der Waals surface area contributed by atoms with Gasteiger partial charge < -0.3 is 10.6 Å². The summed E-state index contributed by atoms with van der Waals surface area (Å²) in [5, 5.41) is 7.19. The van der Waals surface area contributed by atoms with E-state index < -0.39 is 0 Å². The molecule has 2 N–H and O–H groups in total. The van der Waals surface area contributed by atoms with Gasteiger partial charge in [0.25, 0.3) is 0 Å².